The van der Waals surface area contributed by atoms with Gasteiger partial charge < -0.3 is 5.32 Å². The van der Waals surface area contributed by atoms with E-state index < -0.39 is 0 Å². The molecule has 0 spiro atoms. The van der Waals surface area contributed by atoms with Gasteiger partial charge in [0.25, 0.3) is 5.91 Å². The van der Waals surface area contributed by atoms with Gasteiger partial charge in [0.1, 0.15) is 0 Å². The molecule has 0 atom stereocenters. The van der Waals surface area contributed by atoms with Crippen LogP contribution in [0.3, 0.4) is 0 Å². The van der Waals surface area contributed by atoms with Crippen molar-refractivity contribution in [3.05, 3.63) is 64.1 Å². The van der Waals surface area contributed by atoms with Crippen LogP contribution >= 0.6 is 15.9 Å². The van der Waals surface area contributed by atoms with Crippen molar-refractivity contribution < 1.29 is 9.59 Å². The molecule has 128 valence electrons. The lowest BCUT2D eigenvalue weighted by atomic mass is 10.1. The first-order valence-corrected chi connectivity index (χ1v) is 8.84. The van der Waals surface area contributed by atoms with E-state index in [1.54, 1.807) is 18.2 Å². The number of carbonyl (C=O) groups excluding carboxylic acids is 2. The molecule has 0 aromatic heterocycles. The Bertz CT molecular complexity index is 827. The van der Waals surface area contributed by atoms with Gasteiger partial charge in [-0.3, -0.25) is 9.59 Å². The molecule has 1 aliphatic carbocycles. The van der Waals surface area contributed by atoms with Crippen LogP contribution in [0.4, 0.5) is 5.69 Å². The second-order valence-corrected chi connectivity index (χ2v) is 6.81. The number of hydrogen-bond acceptors (Lipinski definition) is 3. The van der Waals surface area contributed by atoms with Crippen LogP contribution in [-0.2, 0) is 4.79 Å². The average Bonchev–Trinajstić information content (AvgIpc) is 3.45. The van der Waals surface area contributed by atoms with E-state index in [1.807, 2.05) is 37.3 Å². The van der Waals surface area contributed by atoms with E-state index in [4.69, 9.17) is 0 Å². The molecule has 0 saturated heterocycles. The standard InChI is InChI=1S/C19H18BrN3O2/c1-12(22-23-19(25)16-4-2-3-5-17(16)20)13-8-10-15(11-9-13)21-18(24)14-6-7-14/h2-5,8-11,14H,6-7H2,1H3,(H,21,24)(H,23,25). The third kappa shape index (κ3) is 4.54. The first kappa shape index (κ1) is 17.4. The number of rotatable bonds is 5. The number of nitrogens with zero attached hydrogens (tertiary/aromatic N) is 1. The van der Waals surface area contributed by atoms with E-state index in [1.165, 1.54) is 0 Å². The minimum Gasteiger partial charge on any atom is -0.326 e. The summed E-state index contributed by atoms with van der Waals surface area (Å²) in [5.41, 5.74) is 5.40. The molecule has 3 rings (SSSR count). The molecule has 0 unspecified atom stereocenters. The molecule has 5 nitrogen and oxygen atoms in total. The molecule has 2 amide bonds. The molecule has 1 aliphatic rings. The van der Waals surface area contributed by atoms with Crippen LogP contribution in [0.5, 0.6) is 0 Å². The second-order valence-electron chi connectivity index (χ2n) is 5.96. The number of carbonyl (C=O) groups is 2. The molecule has 0 radical (unpaired) electrons. The molecule has 0 aliphatic heterocycles. The largest absolute Gasteiger partial charge is 0.326 e. The number of anilines is 1. The normalized spacial score (nSPS) is 14.1. The lowest BCUT2D eigenvalue weighted by molar-refractivity contribution is -0.117. The minimum absolute atomic E-state index is 0.0823. The first-order chi connectivity index (χ1) is 12.0. The van der Waals surface area contributed by atoms with Crippen molar-refractivity contribution in [3.63, 3.8) is 0 Å². The minimum atomic E-state index is -0.278. The van der Waals surface area contributed by atoms with E-state index >= 15 is 0 Å². The summed E-state index contributed by atoms with van der Waals surface area (Å²) in [7, 11) is 0. The summed E-state index contributed by atoms with van der Waals surface area (Å²) >= 11 is 3.35. The van der Waals surface area contributed by atoms with Gasteiger partial charge in [-0.25, -0.2) is 5.43 Å². The topological polar surface area (TPSA) is 70.6 Å². The Balaban J connectivity index is 1.62. The van der Waals surface area contributed by atoms with Crippen molar-refractivity contribution in [2.45, 2.75) is 19.8 Å². The highest BCUT2D eigenvalue weighted by Gasteiger charge is 2.29. The fourth-order valence-corrected chi connectivity index (χ4v) is 2.75. The van der Waals surface area contributed by atoms with Gasteiger partial charge in [0.05, 0.1) is 11.3 Å². The van der Waals surface area contributed by atoms with E-state index in [-0.39, 0.29) is 17.7 Å². The number of nitrogens with one attached hydrogen (secondary N) is 2. The average molecular weight is 400 g/mol. The van der Waals surface area contributed by atoms with Gasteiger partial charge in [0.2, 0.25) is 5.91 Å². The molecule has 1 saturated carbocycles. The Kier molecular flexibility index (Phi) is 5.28. The molecule has 25 heavy (non-hydrogen) atoms. The van der Waals surface area contributed by atoms with Crippen LogP contribution in [-0.4, -0.2) is 17.5 Å². The molecule has 1 fully saturated rings. The molecule has 2 N–H and O–H groups in total. The van der Waals surface area contributed by atoms with Gasteiger partial charge in [-0.2, -0.15) is 5.10 Å². The third-order valence-corrected chi connectivity index (χ3v) is 4.65. The summed E-state index contributed by atoms with van der Waals surface area (Å²) < 4.78 is 0.719. The zero-order valence-corrected chi connectivity index (χ0v) is 15.3. The maximum atomic E-state index is 12.2. The highest BCUT2D eigenvalue weighted by atomic mass is 79.9. The quantitative estimate of drug-likeness (QED) is 0.590. The Morgan fingerprint density at radius 2 is 1.76 bits per heavy atom. The van der Waals surface area contributed by atoms with Gasteiger partial charge >= 0.3 is 0 Å². The van der Waals surface area contributed by atoms with Crippen molar-refractivity contribution in [3.8, 4) is 0 Å². The summed E-state index contributed by atoms with van der Waals surface area (Å²) in [5, 5.41) is 7.04. The van der Waals surface area contributed by atoms with E-state index in [9.17, 15) is 9.59 Å². The zero-order chi connectivity index (χ0) is 17.8. The van der Waals surface area contributed by atoms with Crippen LogP contribution in [0, 0.1) is 5.92 Å². The van der Waals surface area contributed by atoms with E-state index in [0.717, 1.165) is 28.6 Å². The Morgan fingerprint density at radius 3 is 2.40 bits per heavy atom. The predicted molar refractivity (Wildman–Crippen MR) is 102 cm³/mol. The second kappa shape index (κ2) is 7.61. The SMILES string of the molecule is CC(=NNC(=O)c1ccccc1Br)c1ccc(NC(=O)C2CC2)cc1. The number of halogens is 1. The van der Waals surface area contributed by atoms with Crippen LogP contribution in [0.1, 0.15) is 35.7 Å². The van der Waals surface area contributed by atoms with Crippen molar-refractivity contribution >= 4 is 39.1 Å². The summed E-state index contributed by atoms with van der Waals surface area (Å²) in [5.74, 6) is -0.0190. The molecule has 2 aromatic carbocycles. The smallest absolute Gasteiger partial charge is 0.272 e. The molecule has 2 aromatic rings. The first-order valence-electron chi connectivity index (χ1n) is 8.05. The van der Waals surface area contributed by atoms with Gasteiger partial charge in [0, 0.05) is 16.1 Å². The highest BCUT2D eigenvalue weighted by Crippen LogP contribution is 2.30. The van der Waals surface area contributed by atoms with E-state index in [0.29, 0.717) is 11.3 Å². The molecule has 0 heterocycles. The van der Waals surface area contributed by atoms with E-state index in [2.05, 4.69) is 31.8 Å². The summed E-state index contributed by atoms with van der Waals surface area (Å²) in [6.45, 7) is 1.82. The van der Waals surface area contributed by atoms with Crippen molar-refractivity contribution in [2.24, 2.45) is 11.0 Å². The Morgan fingerprint density at radius 1 is 1.08 bits per heavy atom. The Hall–Kier alpha value is -2.47. The van der Waals surface area contributed by atoms with Crippen LogP contribution in [0.15, 0.2) is 58.1 Å². The van der Waals surface area contributed by atoms with Crippen molar-refractivity contribution in [1.82, 2.24) is 5.43 Å². The van der Waals surface area contributed by atoms with Crippen molar-refractivity contribution in [1.29, 1.82) is 0 Å². The van der Waals surface area contributed by atoms with Crippen LogP contribution < -0.4 is 10.7 Å². The molecule has 6 heteroatoms. The summed E-state index contributed by atoms with van der Waals surface area (Å²) in [4.78, 5) is 23.9. The molecular formula is C19H18BrN3O2. The predicted octanol–water partition coefficient (Wildman–Crippen LogP) is 3.95. The summed E-state index contributed by atoms with van der Waals surface area (Å²) in [6, 6.07) is 14.6. The van der Waals surface area contributed by atoms with Gasteiger partial charge in [-0.15, -0.1) is 0 Å². The number of benzene rings is 2. The molecular weight excluding hydrogens is 382 g/mol. The molecule has 0 bridgehead atoms. The highest BCUT2D eigenvalue weighted by molar-refractivity contribution is 9.10. The van der Waals surface area contributed by atoms with Gasteiger partial charge in [-0.05, 0) is 65.5 Å². The Labute approximate surface area is 154 Å². The van der Waals surface area contributed by atoms with Gasteiger partial charge in [0.15, 0.2) is 0 Å². The fourth-order valence-electron chi connectivity index (χ4n) is 2.29. The number of hydrogen-bond donors (Lipinski definition) is 2. The van der Waals surface area contributed by atoms with Gasteiger partial charge in [-0.1, -0.05) is 24.3 Å². The maximum Gasteiger partial charge on any atom is 0.272 e. The third-order valence-electron chi connectivity index (χ3n) is 3.96. The summed E-state index contributed by atoms with van der Waals surface area (Å²) in [6.07, 6.45) is 1.96. The lowest BCUT2D eigenvalue weighted by Gasteiger charge is -2.07. The van der Waals surface area contributed by atoms with Crippen LogP contribution in [0.2, 0.25) is 0 Å². The van der Waals surface area contributed by atoms with Crippen molar-refractivity contribution in [2.75, 3.05) is 5.32 Å². The van der Waals surface area contributed by atoms with Crippen LogP contribution in [0.25, 0.3) is 0 Å². The monoisotopic (exact) mass is 399 g/mol. The maximum absolute atomic E-state index is 12.2. The lowest BCUT2D eigenvalue weighted by Crippen LogP contribution is -2.19. The number of hydrazone groups is 1. The zero-order valence-electron chi connectivity index (χ0n) is 13.8. The fraction of sp³-hybridized carbons (Fsp3) is 0.211. The number of amides is 2.